The Hall–Kier alpha value is -0.630. The van der Waals surface area contributed by atoms with Crippen molar-refractivity contribution in [1.29, 1.82) is 0 Å². The number of hydrogen-bond acceptors (Lipinski definition) is 2. The first kappa shape index (κ1) is 14.8. The van der Waals surface area contributed by atoms with E-state index in [1.807, 2.05) is 6.07 Å². The Bertz CT molecular complexity index is 417. The SMILES string of the molecule is CC(C)(C)c1ccc(C(=O)C2CCCCCCC2)s1. The third-order valence-corrected chi connectivity index (χ3v) is 5.59. The van der Waals surface area contributed by atoms with Crippen LogP contribution in [0.25, 0.3) is 0 Å². The molecule has 1 saturated carbocycles. The number of Topliss-reactive ketones (excluding diaryl/α,β-unsaturated/α-hetero) is 1. The van der Waals surface area contributed by atoms with Crippen LogP contribution in [0.5, 0.6) is 0 Å². The Morgan fingerprint density at radius 1 is 1.05 bits per heavy atom. The summed E-state index contributed by atoms with van der Waals surface area (Å²) in [6, 6.07) is 4.19. The van der Waals surface area contributed by atoms with Crippen molar-refractivity contribution >= 4 is 17.1 Å². The first-order valence-corrected chi connectivity index (χ1v) is 8.44. The van der Waals surface area contributed by atoms with Crippen LogP contribution in [-0.2, 0) is 5.41 Å². The van der Waals surface area contributed by atoms with Gasteiger partial charge in [-0.2, -0.15) is 0 Å². The van der Waals surface area contributed by atoms with Gasteiger partial charge in [0.15, 0.2) is 5.78 Å². The van der Waals surface area contributed by atoms with E-state index >= 15 is 0 Å². The zero-order valence-electron chi connectivity index (χ0n) is 12.5. The van der Waals surface area contributed by atoms with E-state index in [-0.39, 0.29) is 11.3 Å². The summed E-state index contributed by atoms with van der Waals surface area (Å²) < 4.78 is 0. The summed E-state index contributed by atoms with van der Waals surface area (Å²) in [6.07, 6.45) is 8.63. The van der Waals surface area contributed by atoms with Crippen molar-refractivity contribution in [2.75, 3.05) is 0 Å². The largest absolute Gasteiger partial charge is 0.293 e. The maximum Gasteiger partial charge on any atom is 0.175 e. The van der Waals surface area contributed by atoms with Crippen LogP contribution in [0, 0.1) is 5.92 Å². The Balaban J connectivity index is 2.07. The fourth-order valence-corrected chi connectivity index (χ4v) is 3.88. The second-order valence-electron chi connectivity index (χ2n) is 6.82. The molecule has 0 radical (unpaired) electrons. The van der Waals surface area contributed by atoms with Gasteiger partial charge in [0.05, 0.1) is 4.88 Å². The van der Waals surface area contributed by atoms with E-state index in [9.17, 15) is 4.79 Å². The molecule has 0 saturated heterocycles. The van der Waals surface area contributed by atoms with Gasteiger partial charge in [-0.25, -0.2) is 0 Å². The molecule has 0 spiro atoms. The summed E-state index contributed by atoms with van der Waals surface area (Å²) in [5, 5.41) is 0. The fourth-order valence-electron chi connectivity index (χ4n) is 2.79. The van der Waals surface area contributed by atoms with Crippen LogP contribution in [-0.4, -0.2) is 5.78 Å². The minimum Gasteiger partial charge on any atom is -0.293 e. The summed E-state index contributed by atoms with van der Waals surface area (Å²) in [6.45, 7) is 6.63. The van der Waals surface area contributed by atoms with E-state index in [4.69, 9.17) is 0 Å². The second kappa shape index (κ2) is 6.21. The van der Waals surface area contributed by atoms with E-state index in [0.29, 0.717) is 5.78 Å². The number of carbonyl (C=O) groups is 1. The molecule has 106 valence electrons. The van der Waals surface area contributed by atoms with Crippen LogP contribution in [0.4, 0.5) is 0 Å². The van der Waals surface area contributed by atoms with Crippen LogP contribution in [0.1, 0.15) is 80.3 Å². The first-order chi connectivity index (χ1) is 8.98. The zero-order valence-corrected chi connectivity index (χ0v) is 13.3. The van der Waals surface area contributed by atoms with Gasteiger partial charge >= 0.3 is 0 Å². The van der Waals surface area contributed by atoms with Gasteiger partial charge < -0.3 is 0 Å². The van der Waals surface area contributed by atoms with E-state index in [1.54, 1.807) is 11.3 Å². The highest BCUT2D eigenvalue weighted by atomic mass is 32.1. The Kier molecular flexibility index (Phi) is 4.83. The number of hydrogen-bond donors (Lipinski definition) is 0. The molecule has 1 aliphatic carbocycles. The average Bonchev–Trinajstić information content (AvgIpc) is 2.76. The number of carbonyl (C=O) groups excluding carboxylic acids is 1. The topological polar surface area (TPSA) is 17.1 Å². The highest BCUT2D eigenvalue weighted by Crippen LogP contribution is 2.33. The normalized spacial score (nSPS) is 18.9. The van der Waals surface area contributed by atoms with Gasteiger partial charge in [-0.15, -0.1) is 11.3 Å². The molecule has 1 aromatic rings. The van der Waals surface area contributed by atoms with Gasteiger partial charge in [-0.3, -0.25) is 4.79 Å². The van der Waals surface area contributed by atoms with Gasteiger partial charge in [0.1, 0.15) is 0 Å². The highest BCUT2D eigenvalue weighted by molar-refractivity contribution is 7.14. The molecular formula is C17H26OS. The molecular weight excluding hydrogens is 252 g/mol. The summed E-state index contributed by atoms with van der Waals surface area (Å²) in [7, 11) is 0. The Morgan fingerprint density at radius 2 is 1.63 bits per heavy atom. The Labute approximate surface area is 121 Å². The molecule has 0 aromatic carbocycles. The highest BCUT2D eigenvalue weighted by Gasteiger charge is 2.24. The molecule has 1 nitrogen and oxygen atoms in total. The lowest BCUT2D eigenvalue weighted by Crippen LogP contribution is -2.15. The van der Waals surface area contributed by atoms with Crippen molar-refractivity contribution < 1.29 is 4.79 Å². The smallest absolute Gasteiger partial charge is 0.175 e. The lowest BCUT2D eigenvalue weighted by molar-refractivity contribution is 0.0902. The van der Waals surface area contributed by atoms with Crippen molar-refractivity contribution in [3.05, 3.63) is 21.9 Å². The molecule has 0 aliphatic heterocycles. The molecule has 19 heavy (non-hydrogen) atoms. The minimum absolute atomic E-state index is 0.157. The van der Waals surface area contributed by atoms with Crippen LogP contribution < -0.4 is 0 Å². The van der Waals surface area contributed by atoms with Gasteiger partial charge in [-0.05, 0) is 30.4 Å². The van der Waals surface area contributed by atoms with E-state index in [2.05, 4.69) is 26.8 Å². The lowest BCUT2D eigenvalue weighted by Gasteiger charge is -2.18. The minimum atomic E-state index is 0.157. The predicted octanol–water partition coefficient (Wildman–Crippen LogP) is 5.59. The van der Waals surface area contributed by atoms with Crippen molar-refractivity contribution in [3.8, 4) is 0 Å². The monoisotopic (exact) mass is 278 g/mol. The van der Waals surface area contributed by atoms with Crippen LogP contribution in [0.2, 0.25) is 0 Å². The molecule has 2 rings (SSSR count). The second-order valence-corrected chi connectivity index (χ2v) is 7.90. The summed E-state index contributed by atoms with van der Waals surface area (Å²) >= 11 is 1.70. The standard InChI is InChI=1S/C17H26OS/c1-17(2,3)15-12-11-14(19-15)16(18)13-9-7-5-4-6-8-10-13/h11-13H,4-10H2,1-3H3. The quantitative estimate of drug-likeness (QED) is 0.645. The molecule has 0 N–H and O–H groups in total. The summed E-state index contributed by atoms with van der Waals surface area (Å²) in [5.41, 5.74) is 0.157. The van der Waals surface area contributed by atoms with Gasteiger partial charge in [-0.1, -0.05) is 52.9 Å². The number of thiophene rings is 1. The molecule has 1 fully saturated rings. The summed E-state index contributed by atoms with van der Waals surface area (Å²) in [4.78, 5) is 14.9. The Morgan fingerprint density at radius 3 is 2.16 bits per heavy atom. The van der Waals surface area contributed by atoms with Crippen molar-refractivity contribution in [3.63, 3.8) is 0 Å². The average molecular weight is 278 g/mol. The molecule has 1 aromatic heterocycles. The molecule has 0 unspecified atom stereocenters. The fraction of sp³-hybridized carbons (Fsp3) is 0.706. The maximum atomic E-state index is 12.6. The van der Waals surface area contributed by atoms with Gasteiger partial charge in [0.25, 0.3) is 0 Å². The van der Waals surface area contributed by atoms with Crippen molar-refractivity contribution in [1.82, 2.24) is 0 Å². The molecule has 2 heteroatoms. The van der Waals surface area contributed by atoms with Crippen molar-refractivity contribution in [2.45, 2.75) is 71.1 Å². The maximum absolute atomic E-state index is 12.6. The number of ketones is 1. The summed E-state index contributed by atoms with van der Waals surface area (Å²) in [5.74, 6) is 0.689. The molecule has 0 bridgehead atoms. The number of rotatable bonds is 2. The first-order valence-electron chi connectivity index (χ1n) is 7.63. The lowest BCUT2D eigenvalue weighted by atomic mass is 9.87. The van der Waals surface area contributed by atoms with Crippen LogP contribution in [0.15, 0.2) is 12.1 Å². The van der Waals surface area contributed by atoms with E-state index in [1.165, 1.54) is 37.0 Å². The third-order valence-electron chi connectivity index (χ3n) is 4.06. The van der Waals surface area contributed by atoms with Crippen molar-refractivity contribution in [2.24, 2.45) is 5.92 Å². The van der Waals surface area contributed by atoms with Gasteiger partial charge in [0.2, 0.25) is 0 Å². The molecule has 0 atom stereocenters. The predicted molar refractivity (Wildman–Crippen MR) is 83.2 cm³/mol. The molecule has 0 amide bonds. The molecule has 1 aliphatic rings. The van der Waals surface area contributed by atoms with Crippen LogP contribution >= 0.6 is 11.3 Å². The zero-order chi connectivity index (χ0) is 13.9. The van der Waals surface area contributed by atoms with Crippen LogP contribution in [0.3, 0.4) is 0 Å². The molecule has 1 heterocycles. The van der Waals surface area contributed by atoms with Gasteiger partial charge in [0, 0.05) is 10.8 Å². The van der Waals surface area contributed by atoms with E-state index < -0.39 is 0 Å². The third kappa shape index (κ3) is 3.92. The van der Waals surface area contributed by atoms with E-state index in [0.717, 1.165) is 17.7 Å².